The van der Waals surface area contributed by atoms with Crippen LogP contribution in [0.1, 0.15) is 37.9 Å². The lowest BCUT2D eigenvalue weighted by molar-refractivity contribution is -0.137. The molecule has 2 atom stereocenters. The molecule has 0 aliphatic heterocycles. The predicted molar refractivity (Wildman–Crippen MR) is 71.3 cm³/mol. The number of hydrogen-bond donors (Lipinski definition) is 2. The number of nitrogens with one attached hydrogen (secondary N) is 2. The molecule has 0 radical (unpaired) electrons. The average molecular weight is 302 g/mol. The van der Waals surface area contributed by atoms with Crippen LogP contribution in [0.5, 0.6) is 0 Å². The summed E-state index contributed by atoms with van der Waals surface area (Å²) in [5.74, 6) is -0.738. The van der Waals surface area contributed by atoms with Crippen molar-refractivity contribution in [2.24, 2.45) is 0 Å². The molecule has 1 aromatic rings. The van der Waals surface area contributed by atoms with Crippen LogP contribution in [0, 0.1) is 0 Å². The van der Waals surface area contributed by atoms with E-state index in [4.69, 9.17) is 0 Å². The van der Waals surface area contributed by atoms with Gasteiger partial charge in [-0.2, -0.15) is 13.2 Å². The van der Waals surface area contributed by atoms with Gasteiger partial charge in [-0.3, -0.25) is 9.59 Å². The monoisotopic (exact) mass is 302 g/mol. The number of carbonyl (C=O) groups is 2. The third-order valence-electron chi connectivity index (χ3n) is 2.91. The minimum absolute atomic E-state index is 0.333. The van der Waals surface area contributed by atoms with E-state index in [2.05, 4.69) is 10.6 Å². The molecule has 116 valence electrons. The normalized spacial score (nSPS) is 14.2. The molecule has 0 bridgehead atoms. The van der Waals surface area contributed by atoms with E-state index in [-0.39, 0.29) is 5.91 Å². The summed E-state index contributed by atoms with van der Waals surface area (Å²) in [6.07, 6.45) is -4.38. The van der Waals surface area contributed by atoms with Gasteiger partial charge in [-0.05, 0) is 31.5 Å². The predicted octanol–water partition coefficient (Wildman–Crippen LogP) is 2.41. The van der Waals surface area contributed by atoms with Gasteiger partial charge >= 0.3 is 6.18 Å². The van der Waals surface area contributed by atoms with Crippen molar-refractivity contribution in [3.8, 4) is 0 Å². The fourth-order valence-electron chi connectivity index (χ4n) is 1.75. The maximum Gasteiger partial charge on any atom is 0.416 e. The van der Waals surface area contributed by atoms with Crippen LogP contribution < -0.4 is 10.6 Å². The number of benzene rings is 1. The van der Waals surface area contributed by atoms with Gasteiger partial charge in [-0.15, -0.1) is 0 Å². The minimum Gasteiger partial charge on any atom is -0.348 e. The van der Waals surface area contributed by atoms with Gasteiger partial charge in [0.15, 0.2) is 0 Å². The highest BCUT2D eigenvalue weighted by Gasteiger charge is 2.30. The van der Waals surface area contributed by atoms with E-state index >= 15 is 0 Å². The number of alkyl halides is 3. The Morgan fingerprint density at radius 1 is 1.05 bits per heavy atom. The highest BCUT2D eigenvalue weighted by Crippen LogP contribution is 2.29. The van der Waals surface area contributed by atoms with Crippen LogP contribution in [0.25, 0.3) is 0 Å². The van der Waals surface area contributed by atoms with E-state index in [0.29, 0.717) is 5.56 Å². The summed E-state index contributed by atoms with van der Waals surface area (Å²) in [4.78, 5) is 22.6. The van der Waals surface area contributed by atoms with Gasteiger partial charge in [0.1, 0.15) is 6.04 Å². The molecule has 1 rings (SSSR count). The second-order valence-electron chi connectivity index (χ2n) is 4.77. The molecule has 0 aliphatic rings. The topological polar surface area (TPSA) is 58.2 Å². The molecule has 0 aromatic heterocycles. The van der Waals surface area contributed by atoms with Crippen molar-refractivity contribution in [2.45, 2.75) is 39.0 Å². The van der Waals surface area contributed by atoms with Crippen LogP contribution >= 0.6 is 0 Å². The van der Waals surface area contributed by atoms with Gasteiger partial charge in [0.05, 0.1) is 11.6 Å². The molecule has 2 amide bonds. The van der Waals surface area contributed by atoms with Gasteiger partial charge in [-0.25, -0.2) is 0 Å². The molecule has 4 nitrogen and oxygen atoms in total. The zero-order valence-corrected chi connectivity index (χ0v) is 11.9. The van der Waals surface area contributed by atoms with Crippen LogP contribution in [0.2, 0.25) is 0 Å². The average Bonchev–Trinajstić information content (AvgIpc) is 2.36. The molecule has 2 N–H and O–H groups in total. The lowest BCUT2D eigenvalue weighted by atomic mass is 10.1. The van der Waals surface area contributed by atoms with Crippen molar-refractivity contribution in [3.05, 3.63) is 35.4 Å². The van der Waals surface area contributed by atoms with Crippen molar-refractivity contribution in [3.63, 3.8) is 0 Å². The molecule has 7 heteroatoms. The van der Waals surface area contributed by atoms with E-state index in [1.165, 1.54) is 26.0 Å². The van der Waals surface area contributed by atoms with Crippen molar-refractivity contribution in [2.75, 3.05) is 0 Å². The van der Waals surface area contributed by atoms with E-state index in [9.17, 15) is 22.8 Å². The SMILES string of the molecule is CC(=O)NC(C)C(=O)NC(C)c1ccc(C(F)(F)F)cc1. The smallest absolute Gasteiger partial charge is 0.348 e. The Bertz CT molecular complexity index is 512. The largest absolute Gasteiger partial charge is 0.416 e. The number of hydrogen-bond acceptors (Lipinski definition) is 2. The minimum atomic E-state index is -4.38. The number of halogens is 3. The van der Waals surface area contributed by atoms with Gasteiger partial charge in [0.25, 0.3) is 0 Å². The van der Waals surface area contributed by atoms with Crippen LogP contribution in [0.3, 0.4) is 0 Å². The third-order valence-corrected chi connectivity index (χ3v) is 2.91. The fourth-order valence-corrected chi connectivity index (χ4v) is 1.75. The first-order valence-electron chi connectivity index (χ1n) is 6.36. The Morgan fingerprint density at radius 3 is 2.00 bits per heavy atom. The van der Waals surface area contributed by atoms with Gasteiger partial charge < -0.3 is 10.6 Å². The summed E-state index contributed by atoms with van der Waals surface area (Å²) in [6, 6.07) is 3.40. The number of carbonyl (C=O) groups excluding carboxylic acids is 2. The standard InChI is InChI=1S/C14H17F3N2O2/c1-8(19-13(21)9(2)18-10(3)20)11-4-6-12(7-5-11)14(15,16)17/h4-9H,1-3H3,(H,18,20)(H,19,21). The summed E-state index contributed by atoms with van der Waals surface area (Å²) in [6.45, 7) is 4.47. The van der Waals surface area contributed by atoms with Crippen LogP contribution in [0.4, 0.5) is 13.2 Å². The Morgan fingerprint density at radius 2 is 1.57 bits per heavy atom. The quantitative estimate of drug-likeness (QED) is 0.897. The van der Waals surface area contributed by atoms with Crippen molar-refractivity contribution >= 4 is 11.8 Å². The first kappa shape index (κ1) is 17.0. The summed E-state index contributed by atoms with van der Waals surface area (Å²) in [5.41, 5.74) is -0.192. The Labute approximate surface area is 120 Å². The van der Waals surface area contributed by atoms with Crippen LogP contribution in [0.15, 0.2) is 24.3 Å². The van der Waals surface area contributed by atoms with Crippen molar-refractivity contribution in [1.29, 1.82) is 0 Å². The molecule has 2 unspecified atom stereocenters. The molecule has 0 saturated heterocycles. The van der Waals surface area contributed by atoms with Gasteiger partial charge in [0, 0.05) is 6.92 Å². The van der Waals surface area contributed by atoms with E-state index < -0.39 is 29.7 Å². The van der Waals surface area contributed by atoms with Crippen molar-refractivity contribution in [1.82, 2.24) is 10.6 Å². The second-order valence-corrected chi connectivity index (χ2v) is 4.77. The Kier molecular flexibility index (Phi) is 5.34. The third kappa shape index (κ3) is 5.09. The molecule has 0 aliphatic carbocycles. The highest BCUT2D eigenvalue weighted by atomic mass is 19.4. The lowest BCUT2D eigenvalue weighted by Gasteiger charge is -2.18. The van der Waals surface area contributed by atoms with E-state index in [1.807, 2.05) is 0 Å². The molecule has 0 fully saturated rings. The maximum absolute atomic E-state index is 12.4. The molecule has 0 spiro atoms. The van der Waals surface area contributed by atoms with Gasteiger partial charge in [-0.1, -0.05) is 12.1 Å². The zero-order chi connectivity index (χ0) is 16.2. The van der Waals surface area contributed by atoms with Crippen LogP contribution in [-0.2, 0) is 15.8 Å². The summed E-state index contributed by atoms with van der Waals surface area (Å²) in [7, 11) is 0. The van der Waals surface area contributed by atoms with Crippen LogP contribution in [-0.4, -0.2) is 17.9 Å². The zero-order valence-electron chi connectivity index (χ0n) is 11.9. The molecule has 0 saturated carbocycles. The molecular weight excluding hydrogens is 285 g/mol. The summed E-state index contributed by atoms with van der Waals surface area (Å²) < 4.78 is 37.3. The van der Waals surface area contributed by atoms with Crippen molar-refractivity contribution < 1.29 is 22.8 Å². The molecule has 0 heterocycles. The Hall–Kier alpha value is -2.05. The fraction of sp³-hybridized carbons (Fsp3) is 0.429. The first-order valence-corrected chi connectivity index (χ1v) is 6.36. The number of amides is 2. The molecule has 1 aromatic carbocycles. The second kappa shape index (κ2) is 6.60. The molecular formula is C14H17F3N2O2. The lowest BCUT2D eigenvalue weighted by Crippen LogP contribution is -2.44. The van der Waals surface area contributed by atoms with Gasteiger partial charge in [0.2, 0.25) is 11.8 Å². The molecule has 21 heavy (non-hydrogen) atoms. The Balaban J connectivity index is 2.69. The maximum atomic E-state index is 12.4. The highest BCUT2D eigenvalue weighted by molar-refractivity contribution is 5.86. The summed E-state index contributed by atoms with van der Waals surface area (Å²) in [5, 5.41) is 5.05. The van der Waals surface area contributed by atoms with E-state index in [1.54, 1.807) is 6.92 Å². The first-order chi connectivity index (χ1) is 9.61. The van der Waals surface area contributed by atoms with E-state index in [0.717, 1.165) is 12.1 Å². The summed E-state index contributed by atoms with van der Waals surface area (Å²) >= 11 is 0. The number of rotatable bonds is 4.